The Morgan fingerprint density at radius 3 is 2.58 bits per heavy atom. The standard InChI is InChI=1S/C24H28N4O2S/c1-16-15-18(17(2)27(16)13-14-29-3)23-22(19-9-7-8-12-25-19)26-24(31)28(23)20-10-5-6-11-21(20)30-4/h5-12,15,22-23H,13-14H2,1-4H3,(H,26,31)/t22-,23-/m0/s1. The first-order valence-corrected chi connectivity index (χ1v) is 10.8. The first-order chi connectivity index (χ1) is 15.1. The highest BCUT2D eigenvalue weighted by atomic mass is 32.1. The van der Waals surface area contributed by atoms with Crippen molar-refractivity contribution in [1.29, 1.82) is 0 Å². The average molecular weight is 437 g/mol. The van der Waals surface area contributed by atoms with Crippen LogP contribution in [0.1, 0.15) is 34.7 Å². The lowest BCUT2D eigenvalue weighted by Gasteiger charge is -2.29. The second kappa shape index (κ2) is 9.08. The summed E-state index contributed by atoms with van der Waals surface area (Å²) < 4.78 is 13.3. The van der Waals surface area contributed by atoms with E-state index in [0.717, 1.165) is 23.7 Å². The third-order valence-corrected chi connectivity index (χ3v) is 6.21. The van der Waals surface area contributed by atoms with E-state index in [9.17, 15) is 0 Å². The van der Waals surface area contributed by atoms with E-state index >= 15 is 0 Å². The molecule has 1 saturated heterocycles. The molecule has 2 atom stereocenters. The van der Waals surface area contributed by atoms with Gasteiger partial charge in [-0.2, -0.15) is 0 Å². The molecule has 0 saturated carbocycles. The molecular formula is C24H28N4O2S. The van der Waals surface area contributed by atoms with Gasteiger partial charge in [0.1, 0.15) is 5.75 Å². The number of aryl methyl sites for hydroxylation is 1. The Kier molecular flexibility index (Phi) is 6.25. The summed E-state index contributed by atoms with van der Waals surface area (Å²) in [6.45, 7) is 5.77. The average Bonchev–Trinajstić information content (AvgIpc) is 3.28. The third-order valence-electron chi connectivity index (χ3n) is 5.89. The van der Waals surface area contributed by atoms with E-state index in [4.69, 9.17) is 21.7 Å². The number of nitrogens with zero attached hydrogens (tertiary/aromatic N) is 3. The highest BCUT2D eigenvalue weighted by Crippen LogP contribution is 2.45. The van der Waals surface area contributed by atoms with Gasteiger partial charge < -0.3 is 24.3 Å². The smallest absolute Gasteiger partial charge is 0.174 e. The van der Waals surface area contributed by atoms with Gasteiger partial charge in [0.15, 0.2) is 5.11 Å². The zero-order valence-electron chi connectivity index (χ0n) is 18.3. The molecule has 1 aliphatic rings. The molecule has 0 bridgehead atoms. The van der Waals surface area contributed by atoms with Crippen molar-refractivity contribution in [1.82, 2.24) is 14.9 Å². The van der Waals surface area contributed by atoms with E-state index in [2.05, 4.69) is 39.7 Å². The Morgan fingerprint density at radius 2 is 1.87 bits per heavy atom. The minimum absolute atomic E-state index is 0.0683. The van der Waals surface area contributed by atoms with Gasteiger partial charge in [0, 0.05) is 31.2 Å². The maximum absolute atomic E-state index is 5.84. The molecular weight excluding hydrogens is 408 g/mol. The summed E-state index contributed by atoms with van der Waals surface area (Å²) in [5.41, 5.74) is 5.50. The Labute approximate surface area is 188 Å². The molecule has 2 aromatic heterocycles. The number of pyridine rings is 1. The number of anilines is 1. The van der Waals surface area contributed by atoms with Crippen LogP contribution >= 0.6 is 12.2 Å². The van der Waals surface area contributed by atoms with Gasteiger partial charge >= 0.3 is 0 Å². The van der Waals surface area contributed by atoms with Gasteiger partial charge in [-0.05, 0) is 62.0 Å². The topological polar surface area (TPSA) is 51.5 Å². The zero-order chi connectivity index (χ0) is 22.0. The minimum atomic E-state index is -0.0880. The third kappa shape index (κ3) is 3.91. The number of aromatic nitrogens is 2. The van der Waals surface area contributed by atoms with Crippen molar-refractivity contribution in [3.8, 4) is 5.75 Å². The molecule has 6 nitrogen and oxygen atoms in total. The highest BCUT2D eigenvalue weighted by Gasteiger charge is 2.43. The molecule has 1 N–H and O–H groups in total. The van der Waals surface area contributed by atoms with Crippen LogP contribution in [0.15, 0.2) is 54.7 Å². The summed E-state index contributed by atoms with van der Waals surface area (Å²) in [6, 6.07) is 16.1. The van der Waals surface area contributed by atoms with Crippen LogP contribution in [0.25, 0.3) is 0 Å². The summed E-state index contributed by atoms with van der Waals surface area (Å²) >= 11 is 5.84. The van der Waals surface area contributed by atoms with E-state index in [1.54, 1.807) is 14.2 Å². The van der Waals surface area contributed by atoms with Crippen molar-refractivity contribution < 1.29 is 9.47 Å². The fourth-order valence-corrected chi connectivity index (χ4v) is 4.75. The van der Waals surface area contributed by atoms with Gasteiger partial charge in [-0.15, -0.1) is 0 Å². The molecule has 3 aromatic rings. The van der Waals surface area contributed by atoms with E-state index in [-0.39, 0.29) is 12.1 Å². The number of thiocarbonyl (C=S) groups is 1. The number of hydrogen-bond acceptors (Lipinski definition) is 4. The van der Waals surface area contributed by atoms with Crippen LogP contribution in [-0.4, -0.2) is 35.5 Å². The predicted molar refractivity (Wildman–Crippen MR) is 127 cm³/mol. The molecule has 0 unspecified atom stereocenters. The van der Waals surface area contributed by atoms with Crippen molar-refractivity contribution in [3.63, 3.8) is 0 Å². The number of hydrogen-bond donors (Lipinski definition) is 1. The van der Waals surface area contributed by atoms with E-state index < -0.39 is 0 Å². The molecule has 4 rings (SSSR count). The lowest BCUT2D eigenvalue weighted by Crippen LogP contribution is -2.30. The molecule has 1 fully saturated rings. The Hall–Kier alpha value is -2.90. The van der Waals surface area contributed by atoms with Gasteiger partial charge in [-0.25, -0.2) is 0 Å². The van der Waals surface area contributed by atoms with Crippen LogP contribution in [0.3, 0.4) is 0 Å². The van der Waals surface area contributed by atoms with Crippen molar-refractivity contribution in [2.45, 2.75) is 32.5 Å². The zero-order valence-corrected chi connectivity index (χ0v) is 19.1. The van der Waals surface area contributed by atoms with E-state index in [1.807, 2.05) is 48.7 Å². The van der Waals surface area contributed by atoms with E-state index in [1.165, 1.54) is 17.0 Å². The fourth-order valence-electron chi connectivity index (χ4n) is 4.41. The summed E-state index contributed by atoms with van der Waals surface area (Å²) in [6.07, 6.45) is 1.82. The summed E-state index contributed by atoms with van der Waals surface area (Å²) in [5.74, 6) is 0.784. The molecule has 0 aliphatic carbocycles. The molecule has 7 heteroatoms. The molecule has 1 aliphatic heterocycles. The van der Waals surface area contributed by atoms with Crippen LogP contribution in [0, 0.1) is 13.8 Å². The Morgan fingerprint density at radius 1 is 1.10 bits per heavy atom. The van der Waals surface area contributed by atoms with Crippen LogP contribution in [-0.2, 0) is 11.3 Å². The van der Waals surface area contributed by atoms with Gasteiger partial charge in [0.05, 0.1) is 37.2 Å². The Bertz CT molecular complexity index is 1070. The highest BCUT2D eigenvalue weighted by molar-refractivity contribution is 7.80. The number of nitrogens with one attached hydrogen (secondary N) is 1. The maximum Gasteiger partial charge on any atom is 0.174 e. The largest absolute Gasteiger partial charge is 0.495 e. The summed E-state index contributed by atoms with van der Waals surface area (Å²) in [5, 5.41) is 4.18. The quantitative estimate of drug-likeness (QED) is 0.557. The number of para-hydroxylation sites is 2. The van der Waals surface area contributed by atoms with Crippen LogP contribution in [0.4, 0.5) is 5.69 Å². The van der Waals surface area contributed by atoms with Crippen LogP contribution < -0.4 is 15.0 Å². The second-order valence-electron chi connectivity index (χ2n) is 7.64. The van der Waals surface area contributed by atoms with Crippen LogP contribution in [0.2, 0.25) is 0 Å². The van der Waals surface area contributed by atoms with E-state index in [0.29, 0.717) is 11.7 Å². The first-order valence-electron chi connectivity index (χ1n) is 10.4. The summed E-state index contributed by atoms with van der Waals surface area (Å²) in [7, 11) is 3.42. The predicted octanol–water partition coefficient (Wildman–Crippen LogP) is 4.33. The number of rotatable bonds is 7. The molecule has 1 aromatic carbocycles. The second-order valence-corrected chi connectivity index (χ2v) is 8.03. The van der Waals surface area contributed by atoms with Gasteiger partial charge in [0.2, 0.25) is 0 Å². The lowest BCUT2D eigenvalue weighted by molar-refractivity contribution is 0.186. The number of ether oxygens (including phenoxy) is 2. The number of methoxy groups -OCH3 is 2. The van der Waals surface area contributed by atoms with Crippen molar-refractivity contribution >= 4 is 23.0 Å². The normalized spacial score (nSPS) is 18.3. The molecule has 3 heterocycles. The van der Waals surface area contributed by atoms with Crippen molar-refractivity contribution in [3.05, 3.63) is 77.4 Å². The van der Waals surface area contributed by atoms with Crippen molar-refractivity contribution in [2.75, 3.05) is 25.7 Å². The maximum atomic E-state index is 5.84. The van der Waals surface area contributed by atoms with Gasteiger partial charge in [-0.3, -0.25) is 4.98 Å². The lowest BCUT2D eigenvalue weighted by atomic mass is 9.96. The SMILES string of the molecule is COCCn1c(C)cc([C@H]2[C@H](c3ccccn3)NC(=S)N2c2ccccc2OC)c1C. The van der Waals surface area contributed by atoms with Gasteiger partial charge in [-0.1, -0.05) is 18.2 Å². The molecule has 31 heavy (non-hydrogen) atoms. The van der Waals surface area contributed by atoms with Crippen LogP contribution in [0.5, 0.6) is 5.75 Å². The first kappa shape index (κ1) is 21.3. The number of benzene rings is 1. The molecule has 0 spiro atoms. The minimum Gasteiger partial charge on any atom is -0.495 e. The molecule has 0 amide bonds. The fraction of sp³-hybridized carbons (Fsp3) is 0.333. The van der Waals surface area contributed by atoms with Gasteiger partial charge in [0.25, 0.3) is 0 Å². The molecule has 162 valence electrons. The molecule has 0 radical (unpaired) electrons. The van der Waals surface area contributed by atoms with Crippen molar-refractivity contribution in [2.24, 2.45) is 0 Å². The monoisotopic (exact) mass is 436 g/mol. The summed E-state index contributed by atoms with van der Waals surface area (Å²) in [4.78, 5) is 6.81. The Balaban J connectivity index is 1.87.